The molecule has 0 fully saturated rings. The molecular weight excluding hydrogens is 244 g/mol. The van der Waals surface area contributed by atoms with Crippen molar-refractivity contribution in [3.8, 4) is 0 Å². The van der Waals surface area contributed by atoms with E-state index in [9.17, 15) is 8.42 Å². The van der Waals surface area contributed by atoms with E-state index in [0.29, 0.717) is 5.01 Å². The standard InChI is InChI=1S/C7H11ClN2O2S2/c1-10(2)4-6-3-9-7(13-6)5-14(8,11)12/h3H,4-5H2,1-2H3. The van der Waals surface area contributed by atoms with Crippen LogP contribution in [0.25, 0.3) is 0 Å². The highest BCUT2D eigenvalue weighted by molar-refractivity contribution is 8.13. The summed E-state index contributed by atoms with van der Waals surface area (Å²) in [5.74, 6) is -0.188. The molecule has 0 aromatic carbocycles. The van der Waals surface area contributed by atoms with Crippen LogP contribution < -0.4 is 0 Å². The third kappa shape index (κ3) is 4.36. The van der Waals surface area contributed by atoms with Crippen molar-refractivity contribution in [2.45, 2.75) is 12.3 Å². The fraction of sp³-hybridized carbons (Fsp3) is 0.571. The van der Waals surface area contributed by atoms with Crippen LogP contribution in [0, 0.1) is 0 Å². The zero-order valence-corrected chi connectivity index (χ0v) is 10.3. The average molecular weight is 255 g/mol. The molecule has 80 valence electrons. The van der Waals surface area contributed by atoms with Crippen molar-refractivity contribution >= 4 is 31.1 Å². The second-order valence-corrected chi connectivity index (χ2v) is 7.12. The molecule has 1 aromatic heterocycles. The summed E-state index contributed by atoms with van der Waals surface area (Å²) in [6, 6.07) is 0. The molecule has 0 atom stereocenters. The number of rotatable bonds is 4. The number of hydrogen-bond donors (Lipinski definition) is 0. The van der Waals surface area contributed by atoms with Crippen LogP contribution in [0.4, 0.5) is 0 Å². The van der Waals surface area contributed by atoms with Gasteiger partial charge >= 0.3 is 0 Å². The third-order valence-corrected chi connectivity index (χ3v) is 3.48. The fourth-order valence-electron chi connectivity index (χ4n) is 0.947. The van der Waals surface area contributed by atoms with Gasteiger partial charge in [0, 0.05) is 28.3 Å². The summed E-state index contributed by atoms with van der Waals surface area (Å²) in [4.78, 5) is 7.01. The van der Waals surface area contributed by atoms with Crippen molar-refractivity contribution in [1.82, 2.24) is 9.88 Å². The first-order valence-electron chi connectivity index (χ1n) is 3.87. The quantitative estimate of drug-likeness (QED) is 0.760. The van der Waals surface area contributed by atoms with Crippen LogP contribution in [0.1, 0.15) is 9.88 Å². The molecule has 4 nitrogen and oxygen atoms in total. The van der Waals surface area contributed by atoms with E-state index in [1.807, 2.05) is 19.0 Å². The molecule has 7 heteroatoms. The first-order valence-corrected chi connectivity index (χ1v) is 7.17. The van der Waals surface area contributed by atoms with Crippen molar-refractivity contribution in [3.05, 3.63) is 16.1 Å². The highest BCUT2D eigenvalue weighted by Crippen LogP contribution is 2.17. The summed E-state index contributed by atoms with van der Waals surface area (Å²) in [7, 11) is 5.51. The molecule has 0 bridgehead atoms. The molecule has 0 spiro atoms. The van der Waals surface area contributed by atoms with Crippen molar-refractivity contribution in [1.29, 1.82) is 0 Å². The Morgan fingerprint density at radius 2 is 2.21 bits per heavy atom. The third-order valence-electron chi connectivity index (χ3n) is 1.37. The summed E-state index contributed by atoms with van der Waals surface area (Å²) in [5.41, 5.74) is 0. The van der Waals surface area contributed by atoms with Gasteiger partial charge < -0.3 is 4.90 Å². The highest BCUT2D eigenvalue weighted by Gasteiger charge is 2.11. The second kappa shape index (κ2) is 4.57. The molecule has 0 saturated carbocycles. The zero-order chi connectivity index (χ0) is 10.8. The number of halogens is 1. The molecule has 14 heavy (non-hydrogen) atoms. The Labute approximate surface area is 91.9 Å². The van der Waals surface area contributed by atoms with Crippen LogP contribution in [0.5, 0.6) is 0 Å². The van der Waals surface area contributed by atoms with E-state index in [-0.39, 0.29) is 5.75 Å². The molecule has 0 aliphatic rings. The van der Waals surface area contributed by atoms with Crippen LogP contribution >= 0.6 is 22.0 Å². The lowest BCUT2D eigenvalue weighted by Crippen LogP contribution is -2.09. The van der Waals surface area contributed by atoms with Gasteiger partial charge in [0.15, 0.2) is 0 Å². The summed E-state index contributed by atoms with van der Waals surface area (Å²) in [6.45, 7) is 0.764. The molecule has 0 N–H and O–H groups in total. The van der Waals surface area contributed by atoms with Crippen LogP contribution in [0.3, 0.4) is 0 Å². The van der Waals surface area contributed by atoms with E-state index in [1.165, 1.54) is 11.3 Å². The maximum atomic E-state index is 10.8. The van der Waals surface area contributed by atoms with E-state index in [2.05, 4.69) is 4.98 Å². The number of hydrogen-bond acceptors (Lipinski definition) is 5. The molecule has 1 heterocycles. The van der Waals surface area contributed by atoms with E-state index < -0.39 is 9.05 Å². The second-order valence-electron chi connectivity index (χ2n) is 3.14. The maximum Gasteiger partial charge on any atom is 0.239 e. The lowest BCUT2D eigenvalue weighted by molar-refractivity contribution is 0.406. The van der Waals surface area contributed by atoms with Gasteiger partial charge in [-0.25, -0.2) is 13.4 Å². The Balaban J connectivity index is 2.69. The maximum absolute atomic E-state index is 10.8. The van der Waals surface area contributed by atoms with Crippen molar-refractivity contribution in [3.63, 3.8) is 0 Å². The predicted octanol–water partition coefficient (Wildman–Crippen LogP) is 1.27. The van der Waals surface area contributed by atoms with Gasteiger partial charge in [0.05, 0.1) is 0 Å². The lowest BCUT2D eigenvalue weighted by Gasteiger charge is -2.05. The van der Waals surface area contributed by atoms with Crippen LogP contribution in [0.2, 0.25) is 0 Å². The van der Waals surface area contributed by atoms with Gasteiger partial charge in [-0.05, 0) is 14.1 Å². The highest BCUT2D eigenvalue weighted by atomic mass is 35.7. The minimum atomic E-state index is -3.49. The van der Waals surface area contributed by atoms with Crippen LogP contribution in [-0.2, 0) is 21.3 Å². The monoisotopic (exact) mass is 254 g/mol. The first-order chi connectivity index (χ1) is 6.37. The topological polar surface area (TPSA) is 50.3 Å². The number of aromatic nitrogens is 1. The molecule has 0 aliphatic carbocycles. The van der Waals surface area contributed by atoms with Crippen molar-refractivity contribution in [2.24, 2.45) is 0 Å². The van der Waals surface area contributed by atoms with E-state index in [1.54, 1.807) is 6.20 Å². The summed E-state index contributed by atoms with van der Waals surface area (Å²) in [5, 5.41) is 0.539. The average Bonchev–Trinajstić information content (AvgIpc) is 2.30. The largest absolute Gasteiger partial charge is 0.304 e. The Hall–Kier alpha value is -0.170. The fourth-order valence-corrected chi connectivity index (χ4v) is 3.36. The Kier molecular flexibility index (Phi) is 3.88. The van der Waals surface area contributed by atoms with Gasteiger partial charge in [-0.3, -0.25) is 0 Å². The normalized spacial score (nSPS) is 12.3. The van der Waals surface area contributed by atoms with Gasteiger partial charge in [-0.15, -0.1) is 11.3 Å². The van der Waals surface area contributed by atoms with Gasteiger partial charge in [-0.2, -0.15) is 0 Å². The molecule has 0 radical (unpaired) electrons. The summed E-state index contributed by atoms with van der Waals surface area (Å²) in [6.07, 6.45) is 1.68. The lowest BCUT2D eigenvalue weighted by atomic mass is 10.5. The van der Waals surface area contributed by atoms with Gasteiger partial charge in [0.25, 0.3) is 0 Å². The minimum absolute atomic E-state index is 0.188. The summed E-state index contributed by atoms with van der Waals surface area (Å²) < 4.78 is 21.5. The number of nitrogens with zero attached hydrogens (tertiary/aromatic N) is 2. The Morgan fingerprint density at radius 3 is 2.71 bits per heavy atom. The molecule has 0 aliphatic heterocycles. The molecule has 0 saturated heterocycles. The van der Waals surface area contributed by atoms with Gasteiger partial charge in [0.2, 0.25) is 9.05 Å². The molecule has 1 aromatic rings. The zero-order valence-electron chi connectivity index (χ0n) is 7.90. The summed E-state index contributed by atoms with van der Waals surface area (Å²) >= 11 is 1.37. The first kappa shape index (κ1) is 11.9. The van der Waals surface area contributed by atoms with E-state index in [4.69, 9.17) is 10.7 Å². The van der Waals surface area contributed by atoms with E-state index >= 15 is 0 Å². The predicted molar refractivity (Wildman–Crippen MR) is 58.0 cm³/mol. The van der Waals surface area contributed by atoms with Gasteiger partial charge in [0.1, 0.15) is 10.8 Å². The minimum Gasteiger partial charge on any atom is -0.304 e. The Morgan fingerprint density at radius 1 is 1.57 bits per heavy atom. The van der Waals surface area contributed by atoms with Crippen LogP contribution in [-0.4, -0.2) is 32.4 Å². The van der Waals surface area contributed by atoms with E-state index in [0.717, 1.165) is 11.4 Å². The molecule has 1 rings (SSSR count). The molecule has 0 amide bonds. The number of thiazole rings is 1. The Bertz CT molecular complexity index is 400. The smallest absolute Gasteiger partial charge is 0.239 e. The van der Waals surface area contributed by atoms with Crippen LogP contribution in [0.15, 0.2) is 6.20 Å². The van der Waals surface area contributed by atoms with Crippen molar-refractivity contribution in [2.75, 3.05) is 14.1 Å². The van der Waals surface area contributed by atoms with Gasteiger partial charge in [-0.1, -0.05) is 0 Å². The molecule has 0 unspecified atom stereocenters. The molecular formula is C7H11ClN2O2S2. The van der Waals surface area contributed by atoms with Crippen molar-refractivity contribution < 1.29 is 8.42 Å². The SMILES string of the molecule is CN(C)Cc1cnc(CS(=O)(=O)Cl)s1.